The molecule has 0 aliphatic heterocycles. The van der Waals surface area contributed by atoms with Crippen LogP contribution in [0.3, 0.4) is 0 Å². The van der Waals surface area contributed by atoms with Gasteiger partial charge in [-0.3, -0.25) is 4.79 Å². The third kappa shape index (κ3) is 7.01. The monoisotopic (exact) mass is 370 g/mol. The third-order valence-corrected chi connectivity index (χ3v) is 3.63. The fraction of sp³-hybridized carbons (Fsp3) is 0.333. The maximum absolute atomic E-state index is 12.8. The highest BCUT2D eigenvalue weighted by atomic mass is 16.6. The smallest absolute Gasteiger partial charge is 0.408 e. The van der Waals surface area contributed by atoms with Crippen LogP contribution < -0.4 is 15.4 Å². The van der Waals surface area contributed by atoms with Crippen LogP contribution in [-0.4, -0.2) is 30.8 Å². The van der Waals surface area contributed by atoms with Gasteiger partial charge >= 0.3 is 6.09 Å². The first kappa shape index (κ1) is 20.3. The highest BCUT2D eigenvalue weighted by Gasteiger charge is 2.25. The van der Waals surface area contributed by atoms with Gasteiger partial charge in [0.15, 0.2) is 0 Å². The van der Waals surface area contributed by atoms with E-state index in [4.69, 9.17) is 9.47 Å². The summed E-state index contributed by atoms with van der Waals surface area (Å²) in [4.78, 5) is 25.0. The van der Waals surface area contributed by atoms with Crippen molar-refractivity contribution in [2.45, 2.75) is 38.8 Å². The van der Waals surface area contributed by atoms with Crippen molar-refractivity contribution in [3.8, 4) is 5.75 Å². The van der Waals surface area contributed by atoms with E-state index in [2.05, 4.69) is 10.6 Å². The Kier molecular flexibility index (Phi) is 6.82. The molecule has 2 amide bonds. The molecule has 0 aromatic heterocycles. The standard InChI is InChI=1S/C21H26N2O4/c1-21(2,3)27-20(25)23-18(13-15-9-6-5-7-10-15)19(24)22-16-11-8-12-17(14-16)26-4/h5-12,14,18H,13H2,1-4H3,(H,22,24)(H,23,25)/t18-/m0/s1. The van der Waals surface area contributed by atoms with Crippen LogP contribution in [0.4, 0.5) is 10.5 Å². The molecule has 0 bridgehead atoms. The molecule has 0 saturated carbocycles. The van der Waals surface area contributed by atoms with E-state index in [1.54, 1.807) is 52.1 Å². The van der Waals surface area contributed by atoms with Gasteiger partial charge < -0.3 is 20.1 Å². The second-order valence-corrected chi connectivity index (χ2v) is 7.11. The zero-order valence-corrected chi connectivity index (χ0v) is 16.1. The molecule has 0 aliphatic rings. The van der Waals surface area contributed by atoms with Gasteiger partial charge in [0, 0.05) is 18.2 Å². The van der Waals surface area contributed by atoms with Crippen molar-refractivity contribution in [2.24, 2.45) is 0 Å². The van der Waals surface area contributed by atoms with Gasteiger partial charge in [-0.15, -0.1) is 0 Å². The SMILES string of the molecule is COc1cccc(NC(=O)[C@H](Cc2ccccc2)NC(=O)OC(C)(C)C)c1. The summed E-state index contributed by atoms with van der Waals surface area (Å²) in [5.74, 6) is 0.297. The number of nitrogens with one attached hydrogen (secondary N) is 2. The van der Waals surface area contributed by atoms with Crippen LogP contribution >= 0.6 is 0 Å². The molecule has 27 heavy (non-hydrogen) atoms. The van der Waals surface area contributed by atoms with Gasteiger partial charge in [-0.1, -0.05) is 36.4 Å². The molecule has 2 rings (SSSR count). The predicted octanol–water partition coefficient (Wildman–Crippen LogP) is 3.77. The lowest BCUT2D eigenvalue weighted by molar-refractivity contribution is -0.118. The number of ether oxygens (including phenoxy) is 2. The van der Waals surface area contributed by atoms with Crippen LogP contribution in [0.1, 0.15) is 26.3 Å². The summed E-state index contributed by atoms with van der Waals surface area (Å²) in [5, 5.41) is 5.48. The van der Waals surface area contributed by atoms with Gasteiger partial charge in [0.05, 0.1) is 7.11 Å². The lowest BCUT2D eigenvalue weighted by Gasteiger charge is -2.23. The number of hydrogen-bond donors (Lipinski definition) is 2. The zero-order chi connectivity index (χ0) is 19.9. The minimum Gasteiger partial charge on any atom is -0.497 e. The van der Waals surface area contributed by atoms with E-state index in [-0.39, 0.29) is 5.91 Å². The Morgan fingerprint density at radius 3 is 2.37 bits per heavy atom. The third-order valence-electron chi connectivity index (χ3n) is 3.63. The molecule has 0 unspecified atom stereocenters. The molecule has 2 aromatic rings. The average molecular weight is 370 g/mol. The summed E-state index contributed by atoms with van der Waals surface area (Å²) in [7, 11) is 1.56. The number of rotatable bonds is 6. The number of anilines is 1. The van der Waals surface area contributed by atoms with Crippen LogP contribution in [0.15, 0.2) is 54.6 Å². The van der Waals surface area contributed by atoms with Crippen LogP contribution in [0.5, 0.6) is 5.75 Å². The Morgan fingerprint density at radius 2 is 1.74 bits per heavy atom. The van der Waals surface area contributed by atoms with Crippen molar-refractivity contribution >= 4 is 17.7 Å². The Morgan fingerprint density at radius 1 is 1.04 bits per heavy atom. The van der Waals surface area contributed by atoms with E-state index < -0.39 is 17.7 Å². The molecule has 144 valence electrons. The Bertz CT molecular complexity index is 769. The highest BCUT2D eigenvalue weighted by Crippen LogP contribution is 2.17. The molecule has 2 aromatic carbocycles. The zero-order valence-electron chi connectivity index (χ0n) is 16.1. The first-order valence-electron chi connectivity index (χ1n) is 8.75. The van der Waals surface area contributed by atoms with Crippen molar-refractivity contribution in [1.29, 1.82) is 0 Å². The van der Waals surface area contributed by atoms with Crippen molar-refractivity contribution < 1.29 is 19.1 Å². The van der Waals surface area contributed by atoms with Crippen molar-refractivity contribution in [3.05, 3.63) is 60.2 Å². The number of alkyl carbamates (subject to hydrolysis) is 1. The maximum atomic E-state index is 12.8. The summed E-state index contributed by atoms with van der Waals surface area (Å²) in [6.07, 6.45) is -0.292. The van der Waals surface area contributed by atoms with Crippen LogP contribution in [0.25, 0.3) is 0 Å². The van der Waals surface area contributed by atoms with Gasteiger partial charge in [0.25, 0.3) is 0 Å². The summed E-state index contributed by atoms with van der Waals surface area (Å²) < 4.78 is 10.5. The molecule has 0 spiro atoms. The van der Waals surface area contributed by atoms with E-state index in [0.717, 1.165) is 5.56 Å². The summed E-state index contributed by atoms with van der Waals surface area (Å²) >= 11 is 0. The van der Waals surface area contributed by atoms with Gasteiger partial charge in [-0.2, -0.15) is 0 Å². The number of carbonyl (C=O) groups is 2. The van der Waals surface area contributed by atoms with Crippen molar-refractivity contribution in [3.63, 3.8) is 0 Å². The molecular formula is C21H26N2O4. The van der Waals surface area contributed by atoms with Gasteiger partial charge in [-0.05, 0) is 38.5 Å². The fourth-order valence-corrected chi connectivity index (χ4v) is 2.44. The molecule has 6 nitrogen and oxygen atoms in total. The fourth-order valence-electron chi connectivity index (χ4n) is 2.44. The molecule has 0 aliphatic carbocycles. The van der Waals surface area contributed by atoms with E-state index in [1.807, 2.05) is 30.3 Å². The Labute approximate surface area is 159 Å². The first-order chi connectivity index (χ1) is 12.8. The molecule has 6 heteroatoms. The van der Waals surface area contributed by atoms with Gasteiger partial charge in [0.1, 0.15) is 17.4 Å². The van der Waals surface area contributed by atoms with Crippen molar-refractivity contribution in [1.82, 2.24) is 5.32 Å². The Hall–Kier alpha value is -3.02. The second kappa shape index (κ2) is 9.07. The highest BCUT2D eigenvalue weighted by molar-refractivity contribution is 5.96. The number of amides is 2. The first-order valence-corrected chi connectivity index (χ1v) is 8.75. The maximum Gasteiger partial charge on any atom is 0.408 e. The van der Waals surface area contributed by atoms with Crippen LogP contribution in [0, 0.1) is 0 Å². The van der Waals surface area contributed by atoms with E-state index in [1.165, 1.54) is 0 Å². The quantitative estimate of drug-likeness (QED) is 0.811. The number of hydrogen-bond acceptors (Lipinski definition) is 4. The van der Waals surface area contributed by atoms with E-state index >= 15 is 0 Å². The van der Waals surface area contributed by atoms with E-state index in [0.29, 0.717) is 17.9 Å². The molecule has 0 saturated heterocycles. The number of benzene rings is 2. The second-order valence-electron chi connectivity index (χ2n) is 7.11. The summed E-state index contributed by atoms with van der Waals surface area (Å²) in [6.45, 7) is 5.32. The number of carbonyl (C=O) groups excluding carboxylic acids is 2. The lowest BCUT2D eigenvalue weighted by Crippen LogP contribution is -2.47. The molecule has 0 fully saturated rings. The van der Waals surface area contributed by atoms with Crippen LogP contribution in [-0.2, 0) is 16.0 Å². The number of methoxy groups -OCH3 is 1. The molecule has 0 heterocycles. The largest absolute Gasteiger partial charge is 0.497 e. The molecule has 1 atom stereocenters. The van der Waals surface area contributed by atoms with E-state index in [9.17, 15) is 9.59 Å². The lowest BCUT2D eigenvalue weighted by atomic mass is 10.1. The van der Waals surface area contributed by atoms with Crippen LogP contribution in [0.2, 0.25) is 0 Å². The minimum atomic E-state index is -0.784. The Balaban J connectivity index is 2.14. The molecule has 0 radical (unpaired) electrons. The summed E-state index contributed by atoms with van der Waals surface area (Å²) in [5.41, 5.74) is 0.868. The van der Waals surface area contributed by atoms with Gasteiger partial charge in [0.2, 0.25) is 5.91 Å². The normalized spacial score (nSPS) is 12.0. The topological polar surface area (TPSA) is 76.7 Å². The predicted molar refractivity (Wildman–Crippen MR) is 105 cm³/mol. The van der Waals surface area contributed by atoms with Crippen molar-refractivity contribution in [2.75, 3.05) is 12.4 Å². The molecule has 2 N–H and O–H groups in total. The average Bonchev–Trinajstić information content (AvgIpc) is 2.60. The summed E-state index contributed by atoms with van der Waals surface area (Å²) in [6, 6.07) is 15.7. The molecular weight excluding hydrogens is 344 g/mol. The van der Waals surface area contributed by atoms with Gasteiger partial charge in [-0.25, -0.2) is 4.79 Å². The minimum absolute atomic E-state index is 0.335.